The highest BCUT2D eigenvalue weighted by Gasteiger charge is 1.98. The molecule has 1 aromatic carbocycles. The zero-order valence-electron chi connectivity index (χ0n) is 9.53. The Balaban J connectivity index is 2.41. The first-order chi connectivity index (χ1) is 7.26. The van der Waals surface area contributed by atoms with Crippen LogP contribution in [0.2, 0.25) is 0 Å². The van der Waals surface area contributed by atoms with Gasteiger partial charge in [-0.25, -0.2) is 0 Å². The van der Waals surface area contributed by atoms with Gasteiger partial charge in [0.1, 0.15) is 0 Å². The molecular weight excluding hydrogens is 184 g/mol. The van der Waals surface area contributed by atoms with Crippen LogP contribution in [-0.4, -0.2) is 25.0 Å². The van der Waals surface area contributed by atoms with Gasteiger partial charge in [-0.2, -0.15) is 5.26 Å². The normalized spacial score (nSPS) is 10.3. The van der Waals surface area contributed by atoms with Crippen LogP contribution in [0.15, 0.2) is 24.3 Å². The van der Waals surface area contributed by atoms with Crippen molar-refractivity contribution in [2.24, 2.45) is 0 Å². The van der Waals surface area contributed by atoms with Gasteiger partial charge in [0, 0.05) is 6.54 Å². The van der Waals surface area contributed by atoms with Crippen LogP contribution < -0.4 is 0 Å². The van der Waals surface area contributed by atoms with Gasteiger partial charge >= 0.3 is 0 Å². The zero-order chi connectivity index (χ0) is 11.1. The minimum Gasteiger partial charge on any atom is -0.293 e. The summed E-state index contributed by atoms with van der Waals surface area (Å²) in [5, 5.41) is 8.51. The number of aryl methyl sites for hydroxylation is 1. The summed E-state index contributed by atoms with van der Waals surface area (Å²) in [4.78, 5) is 2.04. The molecule has 0 fully saturated rings. The topological polar surface area (TPSA) is 27.0 Å². The van der Waals surface area contributed by atoms with E-state index in [1.54, 1.807) is 0 Å². The second-order valence-corrected chi connectivity index (χ2v) is 3.82. The first-order valence-electron chi connectivity index (χ1n) is 5.39. The van der Waals surface area contributed by atoms with Gasteiger partial charge in [0.25, 0.3) is 0 Å². The van der Waals surface area contributed by atoms with Crippen LogP contribution in [0.1, 0.15) is 18.1 Å². The highest BCUT2D eigenvalue weighted by molar-refractivity contribution is 5.22. The van der Waals surface area contributed by atoms with Crippen LogP contribution in [0, 0.1) is 11.3 Å². The van der Waals surface area contributed by atoms with E-state index in [2.05, 4.69) is 37.3 Å². The molecule has 0 N–H and O–H groups in total. The number of benzene rings is 1. The summed E-state index contributed by atoms with van der Waals surface area (Å²) in [6.07, 6.45) is 2.11. The number of likely N-dealkylation sites (N-methyl/N-ethyl adjacent to an activating group) is 1. The summed E-state index contributed by atoms with van der Waals surface area (Å²) in [7, 11) is 1.98. The quantitative estimate of drug-likeness (QED) is 0.685. The molecule has 80 valence electrons. The average molecular weight is 202 g/mol. The monoisotopic (exact) mass is 202 g/mol. The van der Waals surface area contributed by atoms with Crippen molar-refractivity contribution >= 4 is 0 Å². The maximum Gasteiger partial charge on any atom is 0.0863 e. The van der Waals surface area contributed by atoms with Gasteiger partial charge in [-0.1, -0.05) is 31.2 Å². The van der Waals surface area contributed by atoms with Crippen molar-refractivity contribution in [3.63, 3.8) is 0 Å². The molecule has 0 aliphatic heterocycles. The van der Waals surface area contributed by atoms with Crippen molar-refractivity contribution in [1.29, 1.82) is 5.26 Å². The number of rotatable bonds is 5. The van der Waals surface area contributed by atoms with Gasteiger partial charge < -0.3 is 0 Å². The third-order valence-electron chi connectivity index (χ3n) is 2.55. The van der Waals surface area contributed by atoms with Crippen LogP contribution in [0.3, 0.4) is 0 Å². The maximum absolute atomic E-state index is 8.51. The molecule has 1 rings (SSSR count). The van der Waals surface area contributed by atoms with Gasteiger partial charge in [-0.05, 0) is 31.0 Å². The van der Waals surface area contributed by atoms with Crippen molar-refractivity contribution in [1.82, 2.24) is 4.90 Å². The molecule has 0 atom stereocenters. The van der Waals surface area contributed by atoms with Crippen LogP contribution >= 0.6 is 0 Å². The van der Waals surface area contributed by atoms with Crippen molar-refractivity contribution in [2.45, 2.75) is 19.8 Å². The van der Waals surface area contributed by atoms with Gasteiger partial charge in [-0.15, -0.1) is 0 Å². The molecule has 0 aliphatic carbocycles. The molecule has 0 saturated heterocycles. The Hall–Kier alpha value is -1.33. The van der Waals surface area contributed by atoms with E-state index in [1.807, 2.05) is 11.9 Å². The summed E-state index contributed by atoms with van der Waals surface area (Å²) in [6, 6.07) is 10.9. The molecule has 0 aromatic heterocycles. The van der Waals surface area contributed by atoms with Crippen LogP contribution in [-0.2, 0) is 12.8 Å². The molecule has 0 bridgehead atoms. The lowest BCUT2D eigenvalue weighted by Crippen LogP contribution is -2.21. The van der Waals surface area contributed by atoms with Crippen LogP contribution in [0.5, 0.6) is 0 Å². The smallest absolute Gasteiger partial charge is 0.0863 e. The summed E-state index contributed by atoms with van der Waals surface area (Å²) in [5.41, 5.74) is 2.72. The Labute approximate surface area is 92.1 Å². The number of hydrogen-bond donors (Lipinski definition) is 0. The largest absolute Gasteiger partial charge is 0.293 e. The van der Waals surface area contributed by atoms with Crippen LogP contribution in [0.25, 0.3) is 0 Å². The SMILES string of the molecule is CCc1ccc(CCN(C)CC#N)cc1. The summed E-state index contributed by atoms with van der Waals surface area (Å²) < 4.78 is 0. The fraction of sp³-hybridized carbons (Fsp3) is 0.462. The first-order valence-corrected chi connectivity index (χ1v) is 5.39. The van der Waals surface area contributed by atoms with Gasteiger partial charge in [0.05, 0.1) is 12.6 Å². The van der Waals surface area contributed by atoms with E-state index >= 15 is 0 Å². The summed E-state index contributed by atoms with van der Waals surface area (Å²) in [6.45, 7) is 3.61. The number of hydrogen-bond acceptors (Lipinski definition) is 2. The Morgan fingerprint density at radius 2 is 1.80 bits per heavy atom. The lowest BCUT2D eigenvalue weighted by molar-refractivity contribution is 0.379. The summed E-state index contributed by atoms with van der Waals surface area (Å²) in [5.74, 6) is 0. The molecular formula is C13H18N2. The van der Waals surface area contributed by atoms with Gasteiger partial charge in [-0.3, -0.25) is 4.90 Å². The second-order valence-electron chi connectivity index (χ2n) is 3.82. The molecule has 2 nitrogen and oxygen atoms in total. The number of nitriles is 1. The highest BCUT2D eigenvalue weighted by atomic mass is 15.1. The molecule has 0 heterocycles. The third-order valence-corrected chi connectivity index (χ3v) is 2.55. The second kappa shape index (κ2) is 6.21. The van der Waals surface area contributed by atoms with Crippen molar-refractivity contribution in [3.8, 4) is 6.07 Å². The minimum atomic E-state index is 0.507. The van der Waals surface area contributed by atoms with E-state index in [9.17, 15) is 0 Å². The molecule has 2 heteroatoms. The molecule has 15 heavy (non-hydrogen) atoms. The predicted molar refractivity (Wildman–Crippen MR) is 62.6 cm³/mol. The highest BCUT2D eigenvalue weighted by Crippen LogP contribution is 2.06. The van der Waals surface area contributed by atoms with E-state index in [0.29, 0.717) is 6.54 Å². The molecule has 0 saturated carbocycles. The number of nitrogens with zero attached hydrogens (tertiary/aromatic N) is 2. The van der Waals surface area contributed by atoms with E-state index in [4.69, 9.17) is 5.26 Å². The third kappa shape index (κ3) is 4.14. The summed E-state index contributed by atoms with van der Waals surface area (Å²) >= 11 is 0. The van der Waals surface area contributed by atoms with E-state index < -0.39 is 0 Å². The maximum atomic E-state index is 8.51. The lowest BCUT2D eigenvalue weighted by atomic mass is 10.1. The lowest BCUT2D eigenvalue weighted by Gasteiger charge is -2.12. The molecule has 0 aliphatic rings. The molecule has 0 unspecified atom stereocenters. The van der Waals surface area contributed by atoms with Crippen molar-refractivity contribution in [3.05, 3.63) is 35.4 Å². The molecule has 0 spiro atoms. The molecule has 1 aromatic rings. The Kier molecular flexibility index (Phi) is 4.86. The fourth-order valence-corrected chi connectivity index (χ4v) is 1.46. The Bertz CT molecular complexity index is 321. The van der Waals surface area contributed by atoms with Gasteiger partial charge in [0.2, 0.25) is 0 Å². The average Bonchev–Trinajstić information content (AvgIpc) is 2.27. The molecule has 0 radical (unpaired) electrons. The minimum absolute atomic E-state index is 0.507. The van der Waals surface area contributed by atoms with E-state index in [-0.39, 0.29) is 0 Å². The standard InChI is InChI=1S/C13H18N2/c1-3-12-4-6-13(7-5-12)8-10-15(2)11-9-14/h4-7H,3,8,10-11H2,1-2H3. The van der Waals surface area contributed by atoms with Crippen LogP contribution in [0.4, 0.5) is 0 Å². The van der Waals surface area contributed by atoms with E-state index in [0.717, 1.165) is 19.4 Å². The Morgan fingerprint density at radius 3 is 2.33 bits per heavy atom. The van der Waals surface area contributed by atoms with E-state index in [1.165, 1.54) is 11.1 Å². The Morgan fingerprint density at radius 1 is 1.20 bits per heavy atom. The van der Waals surface area contributed by atoms with Crippen molar-refractivity contribution < 1.29 is 0 Å². The predicted octanol–water partition coefficient (Wildman–Crippen LogP) is 2.25. The first kappa shape index (κ1) is 11.7. The van der Waals surface area contributed by atoms with Gasteiger partial charge in [0.15, 0.2) is 0 Å². The molecule has 0 amide bonds. The zero-order valence-corrected chi connectivity index (χ0v) is 9.53. The van der Waals surface area contributed by atoms with Crippen molar-refractivity contribution in [2.75, 3.05) is 20.1 Å². The fourth-order valence-electron chi connectivity index (χ4n) is 1.46.